The van der Waals surface area contributed by atoms with Crippen LogP contribution >= 0.6 is 0 Å². The number of hydrogen-bond acceptors (Lipinski definition) is 5. The van der Waals surface area contributed by atoms with Gasteiger partial charge in [0.05, 0.1) is 18.0 Å². The summed E-state index contributed by atoms with van der Waals surface area (Å²) in [6.45, 7) is 2.21. The molecule has 1 amide bonds. The van der Waals surface area contributed by atoms with Crippen molar-refractivity contribution in [3.63, 3.8) is 0 Å². The lowest BCUT2D eigenvalue weighted by Crippen LogP contribution is -2.32. The van der Waals surface area contributed by atoms with Gasteiger partial charge in [0.25, 0.3) is 5.91 Å². The monoisotopic (exact) mass is 340 g/mol. The Labute approximate surface area is 148 Å². The number of pyridine rings is 2. The van der Waals surface area contributed by atoms with Crippen LogP contribution in [0.25, 0.3) is 0 Å². The van der Waals surface area contributed by atoms with Gasteiger partial charge in [-0.15, -0.1) is 0 Å². The number of anilines is 1. The lowest BCUT2D eigenvalue weighted by molar-refractivity contribution is 0.0854. The second kappa shape index (κ2) is 8.58. The summed E-state index contributed by atoms with van der Waals surface area (Å²) in [5.74, 6) is -0.151. The van der Waals surface area contributed by atoms with E-state index < -0.39 is 0 Å². The van der Waals surface area contributed by atoms with E-state index in [0.29, 0.717) is 12.2 Å². The van der Waals surface area contributed by atoms with Gasteiger partial charge in [0.15, 0.2) is 0 Å². The van der Waals surface area contributed by atoms with Gasteiger partial charge in [-0.05, 0) is 49.1 Å². The Bertz CT molecular complexity index is 670. The van der Waals surface area contributed by atoms with E-state index in [4.69, 9.17) is 4.74 Å². The number of aromatic nitrogens is 2. The smallest absolute Gasteiger partial charge is 0.269 e. The minimum absolute atomic E-state index is 0.141. The highest BCUT2D eigenvalue weighted by Crippen LogP contribution is 2.13. The molecule has 6 heteroatoms. The molecule has 0 radical (unpaired) electrons. The molecule has 0 bridgehead atoms. The molecule has 1 aliphatic rings. The summed E-state index contributed by atoms with van der Waals surface area (Å²) in [5.41, 5.74) is 2.67. The van der Waals surface area contributed by atoms with Gasteiger partial charge in [0, 0.05) is 39.1 Å². The van der Waals surface area contributed by atoms with E-state index in [9.17, 15) is 4.79 Å². The van der Waals surface area contributed by atoms with Gasteiger partial charge in [-0.2, -0.15) is 0 Å². The molecule has 1 fully saturated rings. The Balaban J connectivity index is 1.49. The van der Waals surface area contributed by atoms with Crippen molar-refractivity contribution in [3.05, 3.63) is 54.1 Å². The van der Waals surface area contributed by atoms with Crippen LogP contribution in [-0.4, -0.2) is 48.7 Å². The average molecular weight is 340 g/mol. The van der Waals surface area contributed by atoms with Gasteiger partial charge in [0.1, 0.15) is 5.69 Å². The highest BCUT2D eigenvalue weighted by Gasteiger charge is 2.17. The van der Waals surface area contributed by atoms with Gasteiger partial charge >= 0.3 is 0 Å². The van der Waals surface area contributed by atoms with E-state index in [1.807, 2.05) is 25.2 Å². The van der Waals surface area contributed by atoms with Crippen LogP contribution in [0.2, 0.25) is 0 Å². The Morgan fingerprint density at radius 1 is 1.32 bits per heavy atom. The number of carbonyl (C=O) groups excluding carboxylic acids is 1. The first kappa shape index (κ1) is 17.4. The summed E-state index contributed by atoms with van der Waals surface area (Å²) < 4.78 is 5.51. The van der Waals surface area contributed by atoms with Crippen LogP contribution < -0.4 is 10.2 Å². The zero-order chi connectivity index (χ0) is 17.5. The first-order valence-corrected chi connectivity index (χ1v) is 8.68. The molecular weight excluding hydrogens is 316 g/mol. The lowest BCUT2D eigenvalue weighted by Gasteiger charge is -2.19. The Kier molecular flexibility index (Phi) is 5.95. The second-order valence-electron chi connectivity index (χ2n) is 6.27. The third-order valence-electron chi connectivity index (χ3n) is 4.42. The van der Waals surface area contributed by atoms with Crippen molar-refractivity contribution in [1.82, 2.24) is 15.3 Å². The lowest BCUT2D eigenvalue weighted by atomic mass is 10.2. The highest BCUT2D eigenvalue weighted by atomic mass is 16.5. The molecule has 0 spiro atoms. The number of carbonyl (C=O) groups is 1. The van der Waals surface area contributed by atoms with E-state index in [2.05, 4.69) is 20.2 Å². The molecule has 1 unspecified atom stereocenters. The molecule has 132 valence electrons. The molecule has 3 rings (SSSR count). The van der Waals surface area contributed by atoms with E-state index in [0.717, 1.165) is 38.1 Å². The largest absolute Gasteiger partial charge is 0.376 e. The van der Waals surface area contributed by atoms with Gasteiger partial charge in [-0.1, -0.05) is 0 Å². The maximum atomic E-state index is 12.1. The molecule has 0 aromatic carbocycles. The summed E-state index contributed by atoms with van der Waals surface area (Å²) in [6.07, 6.45) is 8.51. The molecule has 6 nitrogen and oxygen atoms in total. The molecule has 1 N–H and O–H groups in total. The molecule has 1 saturated heterocycles. The second-order valence-corrected chi connectivity index (χ2v) is 6.27. The van der Waals surface area contributed by atoms with Crippen LogP contribution in [0.3, 0.4) is 0 Å². The molecule has 0 aliphatic carbocycles. The third-order valence-corrected chi connectivity index (χ3v) is 4.42. The van der Waals surface area contributed by atoms with Crippen LogP contribution in [-0.2, 0) is 11.2 Å². The van der Waals surface area contributed by atoms with Gasteiger partial charge < -0.3 is 15.0 Å². The van der Waals surface area contributed by atoms with Crippen LogP contribution in [0.15, 0.2) is 42.9 Å². The van der Waals surface area contributed by atoms with Gasteiger partial charge in [-0.25, -0.2) is 4.98 Å². The molecule has 1 atom stereocenters. The number of ether oxygens (including phenoxy) is 1. The molecular formula is C19H24N4O2. The standard InChI is InChI=1S/C19H24N4O2/c1-23(11-8-15-6-9-20-10-7-15)16-4-5-18(21-13-16)19(24)22-14-17-3-2-12-25-17/h4-7,9-10,13,17H,2-3,8,11-12,14H2,1H3,(H,22,24). The molecule has 1 aliphatic heterocycles. The van der Waals surface area contributed by atoms with Crippen LogP contribution in [0.4, 0.5) is 5.69 Å². The van der Waals surface area contributed by atoms with Gasteiger partial charge in [0.2, 0.25) is 0 Å². The van der Waals surface area contributed by atoms with Crippen molar-refractivity contribution in [1.29, 1.82) is 0 Å². The zero-order valence-corrected chi connectivity index (χ0v) is 14.5. The molecule has 3 heterocycles. The summed E-state index contributed by atoms with van der Waals surface area (Å²) in [5, 5.41) is 2.89. The van der Waals surface area contributed by atoms with Crippen LogP contribution in [0.5, 0.6) is 0 Å². The van der Waals surface area contributed by atoms with Crippen molar-refractivity contribution < 1.29 is 9.53 Å². The summed E-state index contributed by atoms with van der Waals surface area (Å²) in [6, 6.07) is 7.74. The van der Waals surface area contributed by atoms with E-state index in [1.165, 1.54) is 5.56 Å². The molecule has 2 aromatic rings. The predicted octanol–water partition coefficient (Wildman–Crippen LogP) is 2.06. The number of amides is 1. The maximum Gasteiger partial charge on any atom is 0.269 e. The highest BCUT2D eigenvalue weighted by molar-refractivity contribution is 5.92. The maximum absolute atomic E-state index is 12.1. The predicted molar refractivity (Wildman–Crippen MR) is 96.8 cm³/mol. The number of likely N-dealkylation sites (N-methyl/N-ethyl adjacent to an activating group) is 1. The van der Waals surface area contributed by atoms with E-state index in [-0.39, 0.29) is 12.0 Å². The van der Waals surface area contributed by atoms with Crippen molar-refractivity contribution in [2.75, 3.05) is 31.6 Å². The number of nitrogens with zero attached hydrogens (tertiary/aromatic N) is 3. The van der Waals surface area contributed by atoms with Gasteiger partial charge in [-0.3, -0.25) is 9.78 Å². The summed E-state index contributed by atoms with van der Waals surface area (Å²) in [4.78, 5) is 22.6. The molecule has 0 saturated carbocycles. The first-order chi connectivity index (χ1) is 12.2. The normalized spacial score (nSPS) is 16.6. The third kappa shape index (κ3) is 5.00. The molecule has 25 heavy (non-hydrogen) atoms. The van der Waals surface area contributed by atoms with E-state index >= 15 is 0 Å². The first-order valence-electron chi connectivity index (χ1n) is 8.68. The van der Waals surface area contributed by atoms with Crippen molar-refractivity contribution in [3.8, 4) is 0 Å². The average Bonchev–Trinajstić information content (AvgIpc) is 3.19. The topological polar surface area (TPSA) is 67.4 Å². The Morgan fingerprint density at radius 2 is 2.16 bits per heavy atom. The summed E-state index contributed by atoms with van der Waals surface area (Å²) in [7, 11) is 2.02. The minimum Gasteiger partial charge on any atom is -0.376 e. The fourth-order valence-corrected chi connectivity index (χ4v) is 2.82. The number of rotatable bonds is 7. The fourth-order valence-electron chi connectivity index (χ4n) is 2.82. The number of nitrogens with one attached hydrogen (secondary N) is 1. The quantitative estimate of drug-likeness (QED) is 0.836. The van der Waals surface area contributed by atoms with E-state index in [1.54, 1.807) is 24.7 Å². The van der Waals surface area contributed by atoms with Crippen molar-refractivity contribution >= 4 is 11.6 Å². The van der Waals surface area contributed by atoms with Crippen LogP contribution in [0.1, 0.15) is 28.9 Å². The van der Waals surface area contributed by atoms with Crippen molar-refractivity contribution in [2.24, 2.45) is 0 Å². The Morgan fingerprint density at radius 3 is 2.84 bits per heavy atom. The minimum atomic E-state index is -0.151. The summed E-state index contributed by atoms with van der Waals surface area (Å²) >= 11 is 0. The van der Waals surface area contributed by atoms with Crippen molar-refractivity contribution in [2.45, 2.75) is 25.4 Å². The fraction of sp³-hybridized carbons (Fsp3) is 0.421. The SMILES string of the molecule is CN(CCc1ccncc1)c1ccc(C(=O)NCC2CCCO2)nc1. The molecule has 2 aromatic heterocycles. The number of hydrogen-bond donors (Lipinski definition) is 1. The van der Waals surface area contributed by atoms with Crippen LogP contribution in [0, 0.1) is 0 Å². The zero-order valence-electron chi connectivity index (χ0n) is 14.5. The Hall–Kier alpha value is -2.47.